The first-order valence-corrected chi connectivity index (χ1v) is 17.9. The average molecular weight is 700 g/mol. The van der Waals surface area contributed by atoms with Crippen molar-refractivity contribution < 1.29 is 48.1 Å². The monoisotopic (exact) mass is 699 g/mol. The molecule has 5 aliphatic rings. The molecule has 0 unspecified atom stereocenters. The predicted molar refractivity (Wildman–Crippen MR) is 179 cm³/mol. The van der Waals surface area contributed by atoms with Gasteiger partial charge in [-0.05, 0) is 75.9 Å². The normalized spacial score (nSPS) is 35.7. The molecule has 50 heavy (non-hydrogen) atoms. The van der Waals surface area contributed by atoms with Crippen LogP contribution in [0.2, 0.25) is 0 Å². The number of ketones is 2. The number of alkyl carbamates (subject to hydrolysis) is 1. The molecule has 1 heterocycles. The number of allylic oxidation sites excluding steroid dienone is 4. The summed E-state index contributed by atoms with van der Waals surface area (Å²) in [5.74, 6) is -3.38. The smallest absolute Gasteiger partial charge is 0.407 e. The fourth-order valence-corrected chi connectivity index (χ4v) is 9.59. The largest absolute Gasteiger partial charge is 0.441 e. The van der Waals surface area contributed by atoms with Gasteiger partial charge in [-0.3, -0.25) is 28.9 Å². The first-order valence-electron chi connectivity index (χ1n) is 17.9. The molecule has 0 bridgehead atoms. The number of nitrogens with zero attached hydrogens (tertiary/aromatic N) is 1. The summed E-state index contributed by atoms with van der Waals surface area (Å²) in [6.07, 6.45) is 9.18. The number of hydrogen-bond donors (Lipinski definition) is 4. The number of hydrogen-bond acceptors (Lipinski definition) is 9. The molecule has 0 radical (unpaired) electrons. The molecule has 12 nitrogen and oxygen atoms in total. The number of nitrogens with one attached hydrogen (secondary N) is 2. The van der Waals surface area contributed by atoms with Gasteiger partial charge in [-0.1, -0.05) is 38.3 Å². The molecule has 4 amide bonds. The Morgan fingerprint density at radius 3 is 2.32 bits per heavy atom. The number of amides is 4. The third kappa shape index (κ3) is 6.47. The number of carbonyl (C=O) groups is 6. The molecule has 8 atom stereocenters. The lowest BCUT2D eigenvalue weighted by atomic mass is 9.44. The van der Waals surface area contributed by atoms with E-state index in [1.165, 1.54) is 24.3 Å². The maximum absolute atomic E-state index is 17.3. The van der Waals surface area contributed by atoms with E-state index in [-0.39, 0.29) is 42.9 Å². The summed E-state index contributed by atoms with van der Waals surface area (Å²) in [6.45, 7) is 5.54. The van der Waals surface area contributed by atoms with Crippen LogP contribution in [0.15, 0.2) is 36.0 Å². The molecule has 3 fully saturated rings. The second kappa shape index (κ2) is 14.5. The van der Waals surface area contributed by atoms with Gasteiger partial charge in [-0.25, -0.2) is 9.18 Å². The Kier molecular flexibility index (Phi) is 10.9. The standard InChI is InChI=1S/C37H50FN3O9/c1-23-19-27-26-11-10-24-20-25(42)14-15-34(24,2)36(26,38)28(43)21-35(27,3)37(23,49)29(44)22-50-33(48)40-17-7-5-4-6-16-39-30(45)9-8-18-41-31(46)12-13-32(41)47/h12-15,20,23,26-28,43,49H,4-11,16-19,21-22H2,1-3H3,(H,39,45)(H,40,48)/t23-,26+,27+,28+,34+,35+,36+,37+/m1/s1. The highest BCUT2D eigenvalue weighted by atomic mass is 19.1. The van der Waals surface area contributed by atoms with E-state index in [0.29, 0.717) is 50.8 Å². The molecule has 0 aromatic rings. The zero-order valence-corrected chi connectivity index (χ0v) is 29.2. The second-order valence-electron chi connectivity index (χ2n) is 15.1. The van der Waals surface area contributed by atoms with E-state index in [2.05, 4.69) is 10.6 Å². The highest BCUT2D eigenvalue weighted by molar-refractivity contribution is 6.12. The van der Waals surface area contributed by atoms with Crippen LogP contribution in [-0.4, -0.2) is 94.1 Å². The van der Waals surface area contributed by atoms with Crippen LogP contribution >= 0.6 is 0 Å². The van der Waals surface area contributed by atoms with Crippen molar-refractivity contribution in [2.24, 2.45) is 28.6 Å². The number of Topliss-reactive ketones (excluding diaryl/α,β-unsaturated/α-hetero) is 1. The van der Waals surface area contributed by atoms with Gasteiger partial charge in [0.2, 0.25) is 11.7 Å². The van der Waals surface area contributed by atoms with Gasteiger partial charge < -0.3 is 25.6 Å². The lowest BCUT2D eigenvalue weighted by Gasteiger charge is -2.62. The Balaban J connectivity index is 1.02. The van der Waals surface area contributed by atoms with E-state index in [4.69, 9.17) is 4.74 Å². The van der Waals surface area contributed by atoms with Crippen LogP contribution in [0.5, 0.6) is 0 Å². The fourth-order valence-electron chi connectivity index (χ4n) is 9.59. The Morgan fingerprint density at radius 2 is 1.64 bits per heavy atom. The topological polar surface area (TPSA) is 179 Å². The minimum atomic E-state index is -2.07. The first kappa shape index (κ1) is 37.5. The summed E-state index contributed by atoms with van der Waals surface area (Å²) in [7, 11) is 0. The van der Waals surface area contributed by atoms with E-state index >= 15 is 4.39 Å². The molecule has 0 aromatic carbocycles. The van der Waals surface area contributed by atoms with Gasteiger partial charge in [0.05, 0.1) is 6.10 Å². The van der Waals surface area contributed by atoms with Crippen molar-refractivity contribution in [2.45, 2.75) is 102 Å². The van der Waals surface area contributed by atoms with Crippen molar-refractivity contribution in [3.8, 4) is 0 Å². The Morgan fingerprint density at radius 1 is 0.980 bits per heavy atom. The molecule has 0 spiro atoms. The van der Waals surface area contributed by atoms with Crippen LogP contribution < -0.4 is 10.6 Å². The van der Waals surface area contributed by atoms with Gasteiger partial charge in [0.25, 0.3) is 11.8 Å². The Hall–Kier alpha value is -3.71. The van der Waals surface area contributed by atoms with Gasteiger partial charge in [-0.15, -0.1) is 0 Å². The minimum Gasteiger partial charge on any atom is -0.441 e. The van der Waals surface area contributed by atoms with Crippen LogP contribution in [-0.2, 0) is 28.7 Å². The number of aliphatic hydroxyl groups excluding tert-OH is 1. The van der Waals surface area contributed by atoms with Crippen LogP contribution in [0.25, 0.3) is 0 Å². The molecule has 0 saturated heterocycles. The highest BCUT2D eigenvalue weighted by Crippen LogP contribution is 2.70. The van der Waals surface area contributed by atoms with Crippen LogP contribution in [0.3, 0.4) is 0 Å². The van der Waals surface area contributed by atoms with E-state index in [1.54, 1.807) is 26.8 Å². The average Bonchev–Trinajstić information content (AvgIpc) is 3.49. The number of imide groups is 1. The molecule has 3 saturated carbocycles. The zero-order chi connectivity index (χ0) is 36.5. The van der Waals surface area contributed by atoms with E-state index in [9.17, 15) is 39.0 Å². The van der Waals surface area contributed by atoms with Gasteiger partial charge in [0.15, 0.2) is 18.1 Å². The van der Waals surface area contributed by atoms with E-state index in [0.717, 1.165) is 24.2 Å². The van der Waals surface area contributed by atoms with Gasteiger partial charge in [0, 0.05) is 55.0 Å². The summed E-state index contributed by atoms with van der Waals surface area (Å²) in [4.78, 5) is 74.3. The Bertz CT molecular complexity index is 1490. The highest BCUT2D eigenvalue weighted by Gasteiger charge is 2.75. The number of ether oxygens (including phenoxy) is 1. The number of rotatable bonds is 14. The molecule has 5 rings (SSSR count). The lowest BCUT2D eigenvalue weighted by Crippen LogP contribution is -2.69. The first-order chi connectivity index (χ1) is 23.6. The van der Waals surface area contributed by atoms with Crippen molar-refractivity contribution >= 4 is 35.4 Å². The van der Waals surface area contributed by atoms with Crippen molar-refractivity contribution in [3.63, 3.8) is 0 Å². The van der Waals surface area contributed by atoms with E-state index in [1.807, 2.05) is 0 Å². The zero-order valence-electron chi connectivity index (χ0n) is 29.2. The molecule has 4 N–H and O–H groups in total. The quantitative estimate of drug-likeness (QED) is 0.157. The van der Waals surface area contributed by atoms with Crippen molar-refractivity contribution in [1.82, 2.24) is 15.5 Å². The molecule has 1 aliphatic heterocycles. The van der Waals surface area contributed by atoms with Crippen LogP contribution in [0, 0.1) is 28.6 Å². The molecule has 4 aliphatic carbocycles. The number of aliphatic hydroxyl groups is 2. The maximum Gasteiger partial charge on any atom is 0.407 e. The lowest BCUT2D eigenvalue weighted by molar-refractivity contribution is -0.219. The van der Waals surface area contributed by atoms with Gasteiger partial charge in [0.1, 0.15) is 5.60 Å². The number of alkyl halides is 1. The van der Waals surface area contributed by atoms with E-state index < -0.39 is 64.4 Å². The minimum absolute atomic E-state index is 0.151. The van der Waals surface area contributed by atoms with Crippen molar-refractivity contribution in [3.05, 3.63) is 36.0 Å². The SMILES string of the molecule is C[C@@H]1C[C@H]2[C@@H]3CCC4=CC(=O)C=C[C@]4(C)[C@@]3(F)[C@@H](O)C[C@]2(C)[C@@]1(O)C(=O)COC(=O)NCCCCCCNC(=O)CCCN1C(=O)C=CC1=O. The molecular formula is C37H50FN3O9. The van der Waals surface area contributed by atoms with Crippen molar-refractivity contribution in [2.75, 3.05) is 26.2 Å². The third-order valence-electron chi connectivity index (χ3n) is 12.4. The summed E-state index contributed by atoms with van der Waals surface area (Å²) < 4.78 is 22.6. The Labute approximate surface area is 291 Å². The van der Waals surface area contributed by atoms with Gasteiger partial charge in [-0.2, -0.15) is 0 Å². The molecular weight excluding hydrogens is 649 g/mol. The fraction of sp³-hybridized carbons (Fsp3) is 0.676. The van der Waals surface area contributed by atoms with Gasteiger partial charge >= 0.3 is 6.09 Å². The molecule has 0 aromatic heterocycles. The summed E-state index contributed by atoms with van der Waals surface area (Å²) in [5.41, 5.74) is -5.68. The van der Waals surface area contributed by atoms with Crippen LogP contribution in [0.4, 0.5) is 9.18 Å². The summed E-state index contributed by atoms with van der Waals surface area (Å²) in [5, 5.41) is 29.0. The predicted octanol–water partition coefficient (Wildman–Crippen LogP) is 3.01. The van der Waals surface area contributed by atoms with Crippen LogP contribution in [0.1, 0.15) is 85.0 Å². The maximum atomic E-state index is 17.3. The summed E-state index contributed by atoms with van der Waals surface area (Å²) in [6, 6.07) is 0. The number of halogens is 1. The summed E-state index contributed by atoms with van der Waals surface area (Å²) >= 11 is 0. The molecule has 13 heteroatoms. The molecule has 274 valence electrons. The number of unbranched alkanes of at least 4 members (excludes halogenated alkanes) is 3. The third-order valence-corrected chi connectivity index (χ3v) is 12.4. The number of carbonyl (C=O) groups excluding carboxylic acids is 6. The number of fused-ring (bicyclic) bond motifs is 5. The second-order valence-corrected chi connectivity index (χ2v) is 15.1. The van der Waals surface area contributed by atoms with Crippen molar-refractivity contribution in [1.29, 1.82) is 0 Å².